The first-order chi connectivity index (χ1) is 32.0. The molecule has 0 aromatic heterocycles. The smallest absolute Gasteiger partial charge is 0.306 e. The maximum Gasteiger partial charge on any atom is 0.306 e. The summed E-state index contributed by atoms with van der Waals surface area (Å²) in [6.45, 7) is 6.64. The molecule has 0 radical (unpaired) electrons. The highest BCUT2D eigenvalue weighted by Gasteiger charge is 2.19. The minimum Gasteiger partial charge on any atom is -0.462 e. The lowest BCUT2D eigenvalue weighted by Crippen LogP contribution is -2.30. The van der Waals surface area contributed by atoms with E-state index in [2.05, 4.69) is 57.2 Å². The number of ether oxygens (including phenoxy) is 3. The molecule has 0 aromatic carbocycles. The van der Waals surface area contributed by atoms with Crippen molar-refractivity contribution in [1.82, 2.24) is 0 Å². The molecule has 0 spiro atoms. The fourth-order valence-electron chi connectivity index (χ4n) is 8.25. The Bertz CT molecular complexity index is 1090. The van der Waals surface area contributed by atoms with Crippen LogP contribution in [0, 0.1) is 0 Å². The zero-order chi connectivity index (χ0) is 47.2. The number of hydrogen-bond donors (Lipinski definition) is 0. The number of esters is 3. The summed E-state index contributed by atoms with van der Waals surface area (Å²) in [5.74, 6) is -0.885. The quantitative estimate of drug-likeness (QED) is 0.0262. The van der Waals surface area contributed by atoms with Gasteiger partial charge in [0, 0.05) is 19.3 Å². The Hall–Kier alpha value is -2.37. The highest BCUT2D eigenvalue weighted by Crippen LogP contribution is 2.15. The molecular formula is C59H108O6. The second-order valence-electron chi connectivity index (χ2n) is 19.2. The molecule has 0 saturated heterocycles. The molecule has 0 aromatic rings. The fourth-order valence-corrected chi connectivity index (χ4v) is 8.25. The molecule has 0 bridgehead atoms. The van der Waals surface area contributed by atoms with E-state index in [-0.39, 0.29) is 31.1 Å². The molecule has 0 N–H and O–H groups in total. The van der Waals surface area contributed by atoms with Gasteiger partial charge in [0.15, 0.2) is 6.10 Å². The number of carbonyl (C=O) groups is 3. The Balaban J connectivity index is 4.38. The van der Waals surface area contributed by atoms with E-state index in [9.17, 15) is 14.4 Å². The van der Waals surface area contributed by atoms with E-state index in [1.54, 1.807) is 0 Å². The van der Waals surface area contributed by atoms with Gasteiger partial charge in [-0.25, -0.2) is 0 Å². The summed E-state index contributed by atoms with van der Waals surface area (Å²) in [4.78, 5) is 38.1. The van der Waals surface area contributed by atoms with Gasteiger partial charge in [0.25, 0.3) is 0 Å². The lowest BCUT2D eigenvalue weighted by molar-refractivity contribution is -0.167. The van der Waals surface area contributed by atoms with Crippen molar-refractivity contribution in [2.75, 3.05) is 13.2 Å². The number of carbonyl (C=O) groups excluding carboxylic acids is 3. The molecule has 0 aliphatic heterocycles. The topological polar surface area (TPSA) is 78.9 Å². The third-order valence-corrected chi connectivity index (χ3v) is 12.6. The molecular weight excluding hydrogens is 805 g/mol. The molecule has 1 atom stereocenters. The van der Waals surface area contributed by atoms with Crippen LogP contribution in [0.3, 0.4) is 0 Å². The van der Waals surface area contributed by atoms with Crippen LogP contribution >= 0.6 is 0 Å². The summed E-state index contributed by atoms with van der Waals surface area (Å²) in [7, 11) is 0. The van der Waals surface area contributed by atoms with E-state index in [4.69, 9.17) is 14.2 Å². The molecule has 0 saturated carbocycles. The third-order valence-electron chi connectivity index (χ3n) is 12.6. The molecule has 6 nitrogen and oxygen atoms in total. The summed E-state index contributed by atoms with van der Waals surface area (Å²) in [6, 6.07) is 0. The maximum absolute atomic E-state index is 12.8. The van der Waals surface area contributed by atoms with Crippen LogP contribution in [0.2, 0.25) is 0 Å². The molecule has 65 heavy (non-hydrogen) atoms. The standard InChI is InChI=1S/C59H108O6/c1-4-7-10-13-16-19-22-25-28-29-32-34-37-40-43-46-49-52-58(61)64-55-56(65-59(62)53-50-47-44-41-38-35-31-27-24-21-18-15-12-9-6-3)54-63-57(60)51-48-45-42-39-36-33-30-26-23-20-17-14-11-8-5-2/h25-28,30-31,56H,4-24,29,32-55H2,1-3H3/b28-25-,30-26-,31-27-/t56-/m1/s1. The van der Waals surface area contributed by atoms with E-state index in [1.165, 1.54) is 193 Å². The summed E-state index contributed by atoms with van der Waals surface area (Å²) in [6.07, 6.45) is 64.1. The summed E-state index contributed by atoms with van der Waals surface area (Å²) < 4.78 is 16.9. The van der Waals surface area contributed by atoms with Crippen molar-refractivity contribution in [3.8, 4) is 0 Å². The Labute approximate surface area is 404 Å². The van der Waals surface area contributed by atoms with Gasteiger partial charge < -0.3 is 14.2 Å². The molecule has 0 rings (SSSR count). The Morgan fingerprint density at radius 1 is 0.292 bits per heavy atom. The number of unbranched alkanes of at least 4 members (excludes halogenated alkanes) is 35. The molecule has 380 valence electrons. The van der Waals surface area contributed by atoms with Crippen LogP contribution in [0.15, 0.2) is 36.5 Å². The number of rotatable bonds is 52. The van der Waals surface area contributed by atoms with Crippen LogP contribution in [0.1, 0.15) is 303 Å². The predicted octanol–water partition coefficient (Wildman–Crippen LogP) is 18.9. The van der Waals surface area contributed by atoms with Gasteiger partial charge in [0.05, 0.1) is 0 Å². The Kier molecular flexibility index (Phi) is 52.3. The zero-order valence-corrected chi connectivity index (χ0v) is 43.5. The van der Waals surface area contributed by atoms with Crippen molar-refractivity contribution in [2.45, 2.75) is 309 Å². The van der Waals surface area contributed by atoms with Crippen molar-refractivity contribution in [2.24, 2.45) is 0 Å². The zero-order valence-electron chi connectivity index (χ0n) is 43.5. The molecule has 0 aliphatic rings. The number of hydrogen-bond acceptors (Lipinski definition) is 6. The molecule has 0 aliphatic carbocycles. The van der Waals surface area contributed by atoms with Gasteiger partial charge in [-0.2, -0.15) is 0 Å². The van der Waals surface area contributed by atoms with E-state index in [1.807, 2.05) is 0 Å². The average Bonchev–Trinajstić information content (AvgIpc) is 3.30. The van der Waals surface area contributed by atoms with Crippen LogP contribution in [0.25, 0.3) is 0 Å². The summed E-state index contributed by atoms with van der Waals surface area (Å²) in [5.41, 5.74) is 0. The Morgan fingerprint density at radius 3 is 0.769 bits per heavy atom. The third kappa shape index (κ3) is 52.5. The first kappa shape index (κ1) is 62.6. The monoisotopic (exact) mass is 913 g/mol. The first-order valence-electron chi connectivity index (χ1n) is 28.5. The highest BCUT2D eigenvalue weighted by molar-refractivity contribution is 5.71. The van der Waals surface area contributed by atoms with Gasteiger partial charge in [0.1, 0.15) is 13.2 Å². The maximum atomic E-state index is 12.8. The first-order valence-corrected chi connectivity index (χ1v) is 28.5. The van der Waals surface area contributed by atoms with Crippen LogP contribution in [0.5, 0.6) is 0 Å². The van der Waals surface area contributed by atoms with E-state index in [0.717, 1.165) is 70.6 Å². The van der Waals surface area contributed by atoms with Crippen LogP contribution < -0.4 is 0 Å². The molecule has 6 heteroatoms. The lowest BCUT2D eigenvalue weighted by Gasteiger charge is -2.18. The molecule has 0 amide bonds. The second-order valence-corrected chi connectivity index (χ2v) is 19.2. The normalized spacial score (nSPS) is 12.2. The minimum absolute atomic E-state index is 0.0783. The van der Waals surface area contributed by atoms with Crippen LogP contribution in [-0.4, -0.2) is 37.2 Å². The van der Waals surface area contributed by atoms with E-state index >= 15 is 0 Å². The van der Waals surface area contributed by atoms with Crippen molar-refractivity contribution in [3.05, 3.63) is 36.5 Å². The van der Waals surface area contributed by atoms with E-state index < -0.39 is 6.10 Å². The minimum atomic E-state index is -0.780. The van der Waals surface area contributed by atoms with Crippen LogP contribution in [0.4, 0.5) is 0 Å². The highest BCUT2D eigenvalue weighted by atomic mass is 16.6. The van der Waals surface area contributed by atoms with Crippen molar-refractivity contribution >= 4 is 17.9 Å². The van der Waals surface area contributed by atoms with Crippen molar-refractivity contribution in [1.29, 1.82) is 0 Å². The van der Waals surface area contributed by atoms with Gasteiger partial charge in [-0.1, -0.05) is 224 Å². The van der Waals surface area contributed by atoms with Gasteiger partial charge in [-0.05, 0) is 96.3 Å². The SMILES string of the molecule is CCCCCCCC/C=C\CCCCCCCCCC(=O)OC[C@@H](COC(=O)CCCCCCC/C=C\CCCCCCCC)OC(=O)CCCCCCC/C=C\CCCCCCCC. The largest absolute Gasteiger partial charge is 0.462 e. The lowest BCUT2D eigenvalue weighted by atomic mass is 10.1. The van der Waals surface area contributed by atoms with E-state index in [0.29, 0.717) is 19.3 Å². The van der Waals surface area contributed by atoms with Gasteiger partial charge in [-0.3, -0.25) is 14.4 Å². The summed E-state index contributed by atoms with van der Waals surface area (Å²) in [5, 5.41) is 0. The van der Waals surface area contributed by atoms with Crippen LogP contribution in [-0.2, 0) is 28.6 Å². The van der Waals surface area contributed by atoms with Gasteiger partial charge in [-0.15, -0.1) is 0 Å². The fraction of sp³-hybridized carbons (Fsp3) is 0.847. The molecule has 0 fully saturated rings. The predicted molar refractivity (Wildman–Crippen MR) is 279 cm³/mol. The Morgan fingerprint density at radius 2 is 0.508 bits per heavy atom. The van der Waals surface area contributed by atoms with Gasteiger partial charge >= 0.3 is 17.9 Å². The van der Waals surface area contributed by atoms with Crippen molar-refractivity contribution in [3.63, 3.8) is 0 Å². The molecule has 0 heterocycles. The van der Waals surface area contributed by atoms with Gasteiger partial charge in [0.2, 0.25) is 0 Å². The average molecular weight is 914 g/mol. The summed E-state index contributed by atoms with van der Waals surface area (Å²) >= 11 is 0. The second kappa shape index (κ2) is 54.2. The van der Waals surface area contributed by atoms with Crippen molar-refractivity contribution < 1.29 is 28.6 Å². The number of allylic oxidation sites excluding steroid dienone is 6. The molecule has 0 unspecified atom stereocenters.